The number of halogens is 2. The average molecular weight is 338 g/mol. The maximum Gasteiger partial charge on any atom is 0.282 e. The summed E-state index contributed by atoms with van der Waals surface area (Å²) in [6.45, 7) is 0. The molecule has 0 aliphatic carbocycles. The molecular weight excluding hydrogens is 330 g/mol. The highest BCUT2D eigenvalue weighted by molar-refractivity contribution is 2.14. The molecule has 0 aromatic rings. The lowest BCUT2D eigenvalue weighted by molar-refractivity contribution is -1.73. The van der Waals surface area contributed by atoms with E-state index in [0.717, 1.165) is 0 Å². The zero-order valence-electron chi connectivity index (χ0n) is 3.98. The summed E-state index contributed by atoms with van der Waals surface area (Å²) < 4.78 is 25.7. The minimum Gasteiger partial charge on any atom is -1.00 e. The van der Waals surface area contributed by atoms with E-state index >= 15 is 0 Å². The van der Waals surface area contributed by atoms with Crippen LogP contribution in [0.25, 0.3) is 0 Å². The molecule has 0 aromatic heterocycles. The lowest BCUT2D eigenvalue weighted by Gasteiger charge is -1.84. The van der Waals surface area contributed by atoms with E-state index in [1.54, 1.807) is 0 Å². The van der Waals surface area contributed by atoms with Crippen LogP contribution in [0.15, 0.2) is 0 Å². The molecule has 0 saturated heterocycles. The van der Waals surface area contributed by atoms with Gasteiger partial charge in [0.2, 0.25) is 0 Å². The highest BCUT2D eigenvalue weighted by atomic mass is 127. The molecule has 0 saturated carbocycles. The molecule has 0 spiro atoms. The quantitative estimate of drug-likeness (QED) is 0.424. The molecule has 0 radical (unpaired) electrons. The Bertz CT molecular complexity index is 15.7. The van der Waals surface area contributed by atoms with E-state index in [2.05, 4.69) is 0 Å². The van der Waals surface area contributed by atoms with Crippen molar-refractivity contribution in [1.82, 2.24) is 12.3 Å². The molecule has 0 unspecified atom stereocenters. The van der Waals surface area contributed by atoms with Crippen LogP contribution in [-0.2, 0) is 0 Å². The zero-order valence-corrected chi connectivity index (χ0v) is 8.30. The van der Waals surface area contributed by atoms with Gasteiger partial charge in [-0.2, -0.15) is 0 Å². The van der Waals surface area contributed by atoms with Crippen LogP contribution >= 0.6 is 0 Å². The minimum absolute atomic E-state index is 0. The Labute approximate surface area is 67.3 Å². The Kier molecular flexibility index (Phi) is 53.7. The van der Waals surface area contributed by atoms with Gasteiger partial charge < -0.3 is 46.6 Å². The van der Waals surface area contributed by atoms with E-state index in [9.17, 15) is 0 Å². The molecule has 7 heavy (non-hydrogen) atoms. The second-order valence-corrected chi connectivity index (χ2v) is 1.27. The molecule has 0 rings (SSSR count). The summed E-state index contributed by atoms with van der Waals surface area (Å²) in [5.74, 6) is 0. The van der Waals surface area contributed by atoms with E-state index in [0.29, 0.717) is 0 Å². The van der Waals surface area contributed by atoms with Crippen LogP contribution in [0.1, 0.15) is 0 Å². The van der Waals surface area contributed by atoms with Crippen molar-refractivity contribution in [2.45, 2.75) is 0 Å². The Morgan fingerprint density at radius 2 is 0.857 bits per heavy atom. The van der Waals surface area contributed by atoms with Gasteiger partial charge in [0.25, 0.3) is 21.1 Å². The van der Waals surface area contributed by atoms with Crippen molar-refractivity contribution in [2.75, 3.05) is 0 Å². The smallest absolute Gasteiger partial charge is 0.282 e. The first-order valence-corrected chi connectivity index (χ1v) is 3.11. The van der Waals surface area contributed by atoms with Gasteiger partial charge in [-0.15, -0.1) is 0 Å². The first-order valence-electron chi connectivity index (χ1n) is 0.463. The van der Waals surface area contributed by atoms with E-state index in [4.69, 9.17) is 10.3 Å². The summed E-state index contributed by atoms with van der Waals surface area (Å²) in [5, 5.41) is 0. The third-order valence-corrected chi connectivity index (χ3v) is 0. The fourth-order valence-corrected chi connectivity index (χ4v) is 0. The molecule has 50 valence electrons. The Hall–Kier alpha value is 1.26. The number of quaternary nitrogens is 2. The number of hydrogen-bond donors (Lipinski definition) is 2. The van der Waals surface area contributed by atoms with Gasteiger partial charge in [0, 0.05) is 0 Å². The van der Waals surface area contributed by atoms with Gasteiger partial charge in [0.1, 0.15) is 0 Å². The SMILES string of the molecule is [I-].[NH4+].[NH4+].[O-][I+2]([O-])[O-]. The highest BCUT2D eigenvalue weighted by Crippen LogP contribution is -0.137. The zero-order chi connectivity index (χ0) is 3.58. The topological polar surface area (TPSA) is 142 Å². The predicted octanol–water partition coefficient (Wildman–Crippen LogP) is -8.81. The summed E-state index contributed by atoms with van der Waals surface area (Å²) in [6.07, 6.45) is 0. The molecule has 8 N–H and O–H groups in total. The molecule has 0 aliphatic rings. The van der Waals surface area contributed by atoms with Crippen molar-refractivity contribution in [2.24, 2.45) is 0 Å². The lowest BCUT2D eigenvalue weighted by Crippen LogP contribution is -4.05. The molecule has 0 amide bonds. The van der Waals surface area contributed by atoms with Crippen LogP contribution in [0.5, 0.6) is 0 Å². The fraction of sp³-hybridized carbons (Fsp3) is 0. The van der Waals surface area contributed by atoms with Gasteiger partial charge in [-0.25, -0.2) is 0 Å². The molecule has 0 fully saturated rings. The largest absolute Gasteiger partial charge is 1.00 e. The lowest BCUT2D eigenvalue weighted by atomic mass is 14.0. The summed E-state index contributed by atoms with van der Waals surface area (Å²) in [5.41, 5.74) is 0. The van der Waals surface area contributed by atoms with Crippen molar-refractivity contribution < 1.29 is 55.3 Å². The van der Waals surface area contributed by atoms with Gasteiger partial charge in [-0.1, -0.05) is 0 Å². The summed E-state index contributed by atoms with van der Waals surface area (Å²) in [4.78, 5) is 0. The van der Waals surface area contributed by atoms with E-state index in [1.165, 1.54) is 0 Å². The van der Waals surface area contributed by atoms with Gasteiger partial charge >= 0.3 is 0 Å². The van der Waals surface area contributed by atoms with Crippen molar-refractivity contribution in [3.05, 3.63) is 0 Å². The van der Waals surface area contributed by atoms with Crippen LogP contribution in [-0.4, -0.2) is 0 Å². The normalized spacial score (nSPS) is 5.14. The van der Waals surface area contributed by atoms with Crippen molar-refractivity contribution in [1.29, 1.82) is 0 Å². The predicted molar refractivity (Wildman–Crippen MR) is 12.0 cm³/mol. The van der Waals surface area contributed by atoms with Crippen molar-refractivity contribution in [3.8, 4) is 0 Å². The Morgan fingerprint density at radius 1 is 0.857 bits per heavy atom. The highest BCUT2D eigenvalue weighted by Gasteiger charge is 1.70. The monoisotopic (exact) mass is 338 g/mol. The summed E-state index contributed by atoms with van der Waals surface area (Å²) in [7, 11) is 0. The second kappa shape index (κ2) is 15.7. The van der Waals surface area contributed by atoms with Crippen molar-refractivity contribution in [3.63, 3.8) is 0 Å². The van der Waals surface area contributed by atoms with Crippen LogP contribution in [0.3, 0.4) is 0 Å². The van der Waals surface area contributed by atoms with E-state index in [1.807, 2.05) is 0 Å². The molecule has 0 atom stereocenters. The second-order valence-electron chi connectivity index (χ2n) is 0.189. The van der Waals surface area contributed by atoms with Crippen LogP contribution < -0.4 is 67.6 Å². The Balaban J connectivity index is -0.0000000150. The maximum atomic E-state index is 8.57. The number of hydrogen-bond acceptors (Lipinski definition) is 3. The van der Waals surface area contributed by atoms with E-state index < -0.39 is 21.1 Å². The standard InChI is InChI=1S/IO3.HI.2H3N/c2-1(3)4;;;/h;1H;2*1H3/q-1;;;/p+1. The molecule has 0 aromatic carbocycles. The third kappa shape index (κ3) is 127. The molecule has 0 heterocycles. The van der Waals surface area contributed by atoms with E-state index in [-0.39, 0.29) is 36.3 Å². The average Bonchev–Trinajstić information content (AvgIpc) is 0.811. The van der Waals surface area contributed by atoms with Crippen LogP contribution in [0.2, 0.25) is 0 Å². The van der Waals surface area contributed by atoms with Gasteiger partial charge in [-0.3, -0.25) is 0 Å². The summed E-state index contributed by atoms with van der Waals surface area (Å²) in [6, 6.07) is 0. The minimum atomic E-state index is -4.01. The van der Waals surface area contributed by atoms with Crippen molar-refractivity contribution >= 4 is 0 Å². The fourth-order valence-electron chi connectivity index (χ4n) is 0. The molecular formula is H8I2N2O3. The first-order chi connectivity index (χ1) is 1.73. The Morgan fingerprint density at radius 3 is 0.857 bits per heavy atom. The molecule has 5 nitrogen and oxygen atoms in total. The van der Waals surface area contributed by atoms with Gasteiger partial charge in [0.15, 0.2) is 0 Å². The van der Waals surface area contributed by atoms with Gasteiger partial charge in [0.05, 0.1) is 0 Å². The molecule has 0 aliphatic heterocycles. The molecule has 7 heteroatoms. The number of rotatable bonds is 0. The first kappa shape index (κ1) is 24.0. The molecule has 0 bridgehead atoms. The summed E-state index contributed by atoms with van der Waals surface area (Å²) >= 11 is -4.01. The van der Waals surface area contributed by atoms with Crippen LogP contribution in [0.4, 0.5) is 0 Å². The maximum absolute atomic E-state index is 8.57. The third-order valence-electron chi connectivity index (χ3n) is 0. The van der Waals surface area contributed by atoms with Gasteiger partial charge in [-0.05, 0) is 0 Å². The van der Waals surface area contributed by atoms with Crippen LogP contribution in [0, 0.1) is 0 Å².